The molecule has 1 N–H and O–H groups in total. The first-order valence-electron chi connectivity index (χ1n) is 3.52. The summed E-state index contributed by atoms with van der Waals surface area (Å²) < 4.78 is 3.99. The number of hydrogen-bond donors (Lipinski definition) is 1. The number of nitrogens with one attached hydrogen (secondary N) is 1. The molecule has 0 unspecified atom stereocenters. The smallest absolute Gasteiger partial charge is 0.0924 e. The summed E-state index contributed by atoms with van der Waals surface area (Å²) >= 11 is 1.47. The van der Waals surface area contributed by atoms with E-state index >= 15 is 0 Å². The lowest BCUT2D eigenvalue weighted by atomic mass is 10.4. The lowest BCUT2D eigenvalue weighted by Crippen LogP contribution is -1.65. The number of aromatic nitrogens is 3. The average molecular weight is 177 g/mol. The number of rotatable bonds is 2. The molecule has 0 aliphatic carbocycles. The standard InChI is InChI=1S/C8H7N3S/c1(7-5-9-6-10-7)2-8-3-4-11-12-8/h1-6H,(H,9,10)/b2-1+. The summed E-state index contributed by atoms with van der Waals surface area (Å²) in [7, 11) is 0. The highest BCUT2D eigenvalue weighted by Gasteiger charge is 1.88. The number of nitrogens with zero attached hydrogens (tertiary/aromatic N) is 2. The minimum absolute atomic E-state index is 1.00. The van der Waals surface area contributed by atoms with Crippen molar-refractivity contribution in [1.29, 1.82) is 0 Å². The molecule has 2 heterocycles. The van der Waals surface area contributed by atoms with Crippen molar-refractivity contribution in [2.45, 2.75) is 0 Å². The summed E-state index contributed by atoms with van der Waals surface area (Å²) in [6.45, 7) is 0. The first-order valence-corrected chi connectivity index (χ1v) is 4.29. The van der Waals surface area contributed by atoms with Gasteiger partial charge in [0.25, 0.3) is 0 Å². The maximum Gasteiger partial charge on any atom is 0.0924 e. The van der Waals surface area contributed by atoms with Gasteiger partial charge in [0, 0.05) is 11.1 Å². The van der Waals surface area contributed by atoms with E-state index in [0.29, 0.717) is 0 Å². The molecule has 2 rings (SSSR count). The van der Waals surface area contributed by atoms with E-state index in [1.165, 1.54) is 11.5 Å². The van der Waals surface area contributed by atoms with Gasteiger partial charge in [-0.1, -0.05) is 0 Å². The minimum Gasteiger partial charge on any atom is -0.345 e. The van der Waals surface area contributed by atoms with Crippen LogP contribution in [0.3, 0.4) is 0 Å². The van der Waals surface area contributed by atoms with Gasteiger partial charge < -0.3 is 4.98 Å². The van der Waals surface area contributed by atoms with Crippen LogP contribution in [0, 0.1) is 0 Å². The van der Waals surface area contributed by atoms with E-state index in [-0.39, 0.29) is 0 Å². The average Bonchev–Trinajstić information content (AvgIpc) is 2.74. The van der Waals surface area contributed by atoms with Crippen LogP contribution in [0.5, 0.6) is 0 Å². The Bertz CT molecular complexity index is 311. The van der Waals surface area contributed by atoms with Gasteiger partial charge in [0.2, 0.25) is 0 Å². The molecule has 3 nitrogen and oxygen atoms in total. The third-order valence-corrected chi connectivity index (χ3v) is 2.11. The molecule has 0 fully saturated rings. The fourth-order valence-corrected chi connectivity index (χ4v) is 1.34. The molecular weight excluding hydrogens is 170 g/mol. The Labute approximate surface area is 74.0 Å². The van der Waals surface area contributed by atoms with Gasteiger partial charge in [0.1, 0.15) is 0 Å². The van der Waals surface area contributed by atoms with E-state index < -0.39 is 0 Å². The van der Waals surface area contributed by atoms with Crippen molar-refractivity contribution >= 4 is 23.7 Å². The van der Waals surface area contributed by atoms with Crippen LogP contribution in [-0.4, -0.2) is 14.3 Å². The Morgan fingerprint density at radius 2 is 2.42 bits per heavy atom. The summed E-state index contributed by atoms with van der Waals surface area (Å²) in [5.74, 6) is 0. The normalized spacial score (nSPS) is 11.0. The van der Waals surface area contributed by atoms with Gasteiger partial charge >= 0.3 is 0 Å². The van der Waals surface area contributed by atoms with Gasteiger partial charge in [-0.25, -0.2) is 9.36 Å². The van der Waals surface area contributed by atoms with Crippen LogP contribution in [0.15, 0.2) is 24.8 Å². The van der Waals surface area contributed by atoms with Gasteiger partial charge in [0.05, 0.1) is 18.2 Å². The first-order chi connectivity index (χ1) is 5.95. The second-order valence-electron chi connectivity index (χ2n) is 2.26. The van der Waals surface area contributed by atoms with E-state index in [0.717, 1.165) is 10.6 Å². The van der Waals surface area contributed by atoms with Gasteiger partial charge in [-0.15, -0.1) is 0 Å². The Kier molecular flexibility index (Phi) is 2.00. The molecule has 60 valence electrons. The van der Waals surface area contributed by atoms with Crippen molar-refractivity contribution in [2.24, 2.45) is 0 Å². The van der Waals surface area contributed by atoms with Crippen LogP contribution >= 0.6 is 11.5 Å². The molecule has 0 saturated heterocycles. The number of imidazole rings is 1. The summed E-state index contributed by atoms with van der Waals surface area (Å²) in [6, 6.07) is 1.97. The Morgan fingerprint density at radius 3 is 3.08 bits per heavy atom. The highest BCUT2D eigenvalue weighted by atomic mass is 32.1. The Morgan fingerprint density at radius 1 is 1.42 bits per heavy atom. The molecule has 0 atom stereocenters. The van der Waals surface area contributed by atoms with E-state index in [9.17, 15) is 0 Å². The molecule has 0 spiro atoms. The van der Waals surface area contributed by atoms with Gasteiger partial charge in [-0.3, -0.25) is 0 Å². The molecule has 2 aromatic heterocycles. The van der Waals surface area contributed by atoms with Crippen LogP contribution in [-0.2, 0) is 0 Å². The third kappa shape index (κ3) is 1.60. The molecule has 0 aliphatic heterocycles. The fourth-order valence-electron chi connectivity index (χ4n) is 0.841. The minimum atomic E-state index is 1.00. The van der Waals surface area contributed by atoms with Crippen molar-refractivity contribution in [3.8, 4) is 0 Å². The van der Waals surface area contributed by atoms with Crippen molar-refractivity contribution < 1.29 is 0 Å². The molecule has 2 aromatic rings. The monoisotopic (exact) mass is 177 g/mol. The van der Waals surface area contributed by atoms with E-state index in [1.54, 1.807) is 18.7 Å². The van der Waals surface area contributed by atoms with Gasteiger partial charge in [-0.2, -0.15) is 0 Å². The largest absolute Gasteiger partial charge is 0.345 e. The molecule has 0 saturated carbocycles. The maximum absolute atomic E-state index is 3.99. The molecule has 0 aromatic carbocycles. The lowest BCUT2D eigenvalue weighted by Gasteiger charge is -1.81. The second-order valence-corrected chi connectivity index (χ2v) is 3.12. The zero-order valence-corrected chi connectivity index (χ0v) is 7.08. The molecule has 0 amide bonds. The molecule has 4 heteroatoms. The van der Waals surface area contributed by atoms with Crippen molar-refractivity contribution in [2.75, 3.05) is 0 Å². The zero-order chi connectivity index (χ0) is 8.23. The summed E-state index contributed by atoms with van der Waals surface area (Å²) in [4.78, 5) is 8.03. The van der Waals surface area contributed by atoms with E-state index in [1.807, 2.05) is 18.2 Å². The molecular formula is C8H7N3S. The molecule has 0 aliphatic rings. The predicted molar refractivity (Wildman–Crippen MR) is 49.6 cm³/mol. The van der Waals surface area contributed by atoms with Crippen LogP contribution in [0.1, 0.15) is 10.6 Å². The van der Waals surface area contributed by atoms with Crippen molar-refractivity contribution in [3.05, 3.63) is 35.4 Å². The number of hydrogen-bond acceptors (Lipinski definition) is 3. The maximum atomic E-state index is 3.99. The summed E-state index contributed by atoms with van der Waals surface area (Å²) in [5.41, 5.74) is 1.00. The second kappa shape index (κ2) is 3.32. The van der Waals surface area contributed by atoms with Crippen LogP contribution in [0.4, 0.5) is 0 Å². The highest BCUT2D eigenvalue weighted by Crippen LogP contribution is 2.08. The van der Waals surface area contributed by atoms with Crippen molar-refractivity contribution in [1.82, 2.24) is 14.3 Å². The Hall–Kier alpha value is -1.42. The topological polar surface area (TPSA) is 41.6 Å². The SMILES string of the molecule is C(=C\c1ccns1)/c1cnc[nH]1. The van der Waals surface area contributed by atoms with Gasteiger partial charge in [0.15, 0.2) is 0 Å². The lowest BCUT2D eigenvalue weighted by molar-refractivity contribution is 1.31. The van der Waals surface area contributed by atoms with Crippen LogP contribution in [0.2, 0.25) is 0 Å². The summed E-state index contributed by atoms with van der Waals surface area (Å²) in [5, 5.41) is 0. The molecule has 0 radical (unpaired) electrons. The predicted octanol–water partition coefficient (Wildman–Crippen LogP) is 2.04. The third-order valence-electron chi connectivity index (χ3n) is 1.40. The fraction of sp³-hybridized carbons (Fsp3) is 0. The first kappa shape index (κ1) is 7.24. The van der Waals surface area contributed by atoms with Crippen LogP contribution in [0.25, 0.3) is 12.2 Å². The number of aromatic amines is 1. The molecule has 12 heavy (non-hydrogen) atoms. The van der Waals surface area contributed by atoms with E-state index in [2.05, 4.69) is 14.3 Å². The highest BCUT2D eigenvalue weighted by molar-refractivity contribution is 7.06. The molecule has 0 bridgehead atoms. The number of H-pyrrole nitrogens is 1. The summed E-state index contributed by atoms with van der Waals surface area (Å²) in [6.07, 6.45) is 9.20. The zero-order valence-electron chi connectivity index (χ0n) is 6.27. The quantitative estimate of drug-likeness (QED) is 0.762. The van der Waals surface area contributed by atoms with Crippen molar-refractivity contribution in [3.63, 3.8) is 0 Å². The Balaban J connectivity index is 2.14. The van der Waals surface area contributed by atoms with E-state index in [4.69, 9.17) is 0 Å². The van der Waals surface area contributed by atoms with Gasteiger partial charge in [-0.05, 0) is 29.8 Å². The van der Waals surface area contributed by atoms with Crippen LogP contribution < -0.4 is 0 Å².